The van der Waals surface area contributed by atoms with Crippen LogP contribution in [-0.4, -0.2) is 52.4 Å². The molecule has 16 heavy (non-hydrogen) atoms. The number of urea groups is 1. The molecule has 1 heterocycles. The lowest BCUT2D eigenvalue weighted by Crippen LogP contribution is -2.65. The summed E-state index contributed by atoms with van der Waals surface area (Å²) in [7, 11) is 1.54. The highest BCUT2D eigenvalue weighted by atomic mass is 16.3. The molecule has 1 rings (SSSR count). The molecule has 0 aromatic carbocycles. The summed E-state index contributed by atoms with van der Waals surface area (Å²) in [5.41, 5.74) is 0. The van der Waals surface area contributed by atoms with Crippen molar-refractivity contribution in [3.63, 3.8) is 0 Å². The predicted octanol–water partition coefficient (Wildman–Crippen LogP) is 0.392. The van der Waals surface area contributed by atoms with Crippen molar-refractivity contribution in [2.75, 3.05) is 7.05 Å². The molecule has 0 spiro atoms. The molecule has 0 aromatic rings. The van der Waals surface area contributed by atoms with Gasteiger partial charge in [-0.25, -0.2) is 9.79 Å². The third-order valence-corrected chi connectivity index (χ3v) is 2.26. The molecule has 1 atom stereocenters. The van der Waals surface area contributed by atoms with Crippen LogP contribution in [0.25, 0.3) is 0 Å². The van der Waals surface area contributed by atoms with Crippen LogP contribution in [0.2, 0.25) is 0 Å². The second-order valence-electron chi connectivity index (χ2n) is 4.42. The molecule has 1 unspecified atom stereocenters. The van der Waals surface area contributed by atoms with Crippen LogP contribution in [0.5, 0.6) is 0 Å². The van der Waals surface area contributed by atoms with E-state index in [1.807, 2.05) is 27.7 Å². The lowest BCUT2D eigenvalue weighted by Gasteiger charge is -2.40. The molecule has 2 N–H and O–H groups in total. The Labute approximate surface area is 95.9 Å². The molecule has 1 fully saturated rings. The topological polar surface area (TPSA) is 68.2 Å². The van der Waals surface area contributed by atoms with Gasteiger partial charge in [0.15, 0.2) is 0 Å². The average Bonchev–Trinajstić information content (AvgIpc) is 2.12. The Balaban J connectivity index is 3.02. The number of aliphatic hydroxyl groups excluding tert-OH is 1. The van der Waals surface area contributed by atoms with Gasteiger partial charge in [-0.2, -0.15) is 0 Å². The predicted molar refractivity (Wildman–Crippen MR) is 61.8 cm³/mol. The van der Waals surface area contributed by atoms with E-state index in [1.165, 1.54) is 9.80 Å². The Morgan fingerprint density at radius 1 is 1.38 bits per heavy atom. The van der Waals surface area contributed by atoms with Gasteiger partial charge in [0.25, 0.3) is 0 Å². The van der Waals surface area contributed by atoms with E-state index in [0.29, 0.717) is 5.96 Å². The first-order valence-corrected chi connectivity index (χ1v) is 5.43. The molecule has 0 aliphatic carbocycles. The third kappa shape index (κ3) is 2.44. The summed E-state index contributed by atoms with van der Waals surface area (Å²) in [5.74, 6) is 0.431. The lowest BCUT2D eigenvalue weighted by atomic mass is 10.3. The van der Waals surface area contributed by atoms with Crippen LogP contribution in [0.1, 0.15) is 27.7 Å². The highest BCUT2D eigenvalue weighted by molar-refractivity contribution is 5.98. The van der Waals surface area contributed by atoms with E-state index in [4.69, 9.17) is 0 Å². The van der Waals surface area contributed by atoms with E-state index in [2.05, 4.69) is 10.3 Å². The maximum absolute atomic E-state index is 11.9. The van der Waals surface area contributed by atoms with Crippen molar-refractivity contribution in [3.05, 3.63) is 0 Å². The summed E-state index contributed by atoms with van der Waals surface area (Å²) >= 11 is 0. The second-order valence-corrected chi connectivity index (χ2v) is 4.42. The Morgan fingerprint density at radius 2 is 1.94 bits per heavy atom. The molecule has 1 aliphatic rings. The summed E-state index contributed by atoms with van der Waals surface area (Å²) in [6, 6.07) is -0.194. The quantitative estimate of drug-likeness (QED) is 0.718. The van der Waals surface area contributed by atoms with E-state index in [-0.39, 0.29) is 18.1 Å². The van der Waals surface area contributed by atoms with Crippen LogP contribution >= 0.6 is 0 Å². The first kappa shape index (κ1) is 12.8. The van der Waals surface area contributed by atoms with E-state index >= 15 is 0 Å². The number of nitrogens with one attached hydrogen (secondary N) is 1. The monoisotopic (exact) mass is 228 g/mol. The summed E-state index contributed by atoms with van der Waals surface area (Å²) in [5, 5.41) is 12.4. The first-order chi connectivity index (χ1) is 7.34. The molecule has 6 heteroatoms. The fraction of sp³-hybridized carbons (Fsp3) is 0.800. The molecule has 6 nitrogen and oxygen atoms in total. The van der Waals surface area contributed by atoms with Crippen molar-refractivity contribution >= 4 is 12.0 Å². The van der Waals surface area contributed by atoms with Gasteiger partial charge < -0.3 is 10.4 Å². The number of rotatable bonds is 2. The van der Waals surface area contributed by atoms with Crippen LogP contribution in [0.15, 0.2) is 4.99 Å². The van der Waals surface area contributed by atoms with Gasteiger partial charge in [0.05, 0.1) is 0 Å². The van der Waals surface area contributed by atoms with Crippen molar-refractivity contribution in [2.24, 2.45) is 4.99 Å². The Bertz CT molecular complexity index is 301. The number of hydrogen-bond donors (Lipinski definition) is 2. The standard InChI is InChI=1S/C10H20N4O2/c1-6(2)11-8-12-9(15)13(5)10(16)14(8)7(3)4/h6-7,9,15H,1-5H3,(H,11,12). The molecule has 1 aliphatic heterocycles. The minimum Gasteiger partial charge on any atom is -0.356 e. The zero-order valence-electron chi connectivity index (χ0n) is 10.4. The number of carbonyl (C=O) groups excluding carboxylic acids is 1. The number of aliphatic hydroxyl groups is 1. The third-order valence-electron chi connectivity index (χ3n) is 2.26. The van der Waals surface area contributed by atoms with E-state index < -0.39 is 6.35 Å². The van der Waals surface area contributed by atoms with Crippen molar-refractivity contribution in [1.29, 1.82) is 0 Å². The van der Waals surface area contributed by atoms with Gasteiger partial charge in [0, 0.05) is 19.1 Å². The first-order valence-electron chi connectivity index (χ1n) is 5.43. The summed E-state index contributed by atoms with van der Waals surface area (Å²) < 4.78 is 0. The number of guanidine groups is 1. The van der Waals surface area contributed by atoms with Crippen LogP contribution in [-0.2, 0) is 0 Å². The zero-order valence-corrected chi connectivity index (χ0v) is 10.4. The van der Waals surface area contributed by atoms with Crippen molar-refractivity contribution < 1.29 is 9.90 Å². The van der Waals surface area contributed by atoms with E-state index in [0.717, 1.165) is 0 Å². The molecular weight excluding hydrogens is 208 g/mol. The number of aliphatic imine (C=N–C) groups is 1. The number of carbonyl (C=O) groups is 1. The Morgan fingerprint density at radius 3 is 2.38 bits per heavy atom. The van der Waals surface area contributed by atoms with Crippen LogP contribution in [0.3, 0.4) is 0 Å². The van der Waals surface area contributed by atoms with Gasteiger partial charge >= 0.3 is 6.03 Å². The SMILES string of the molecule is CC(C)/N=C1/NC(O)N(C)C(=O)N1C(C)C. The smallest absolute Gasteiger partial charge is 0.330 e. The molecule has 92 valence electrons. The second kappa shape index (κ2) is 4.69. The van der Waals surface area contributed by atoms with Gasteiger partial charge in [-0.3, -0.25) is 9.80 Å². The normalized spacial score (nSPS) is 24.6. The highest BCUT2D eigenvalue weighted by Gasteiger charge is 2.35. The van der Waals surface area contributed by atoms with Gasteiger partial charge in [-0.05, 0) is 27.7 Å². The molecule has 0 bridgehead atoms. The Hall–Kier alpha value is -1.30. The summed E-state index contributed by atoms with van der Waals surface area (Å²) in [6.45, 7) is 7.65. The van der Waals surface area contributed by atoms with Crippen molar-refractivity contribution in [1.82, 2.24) is 15.1 Å². The zero-order chi connectivity index (χ0) is 12.5. The van der Waals surface area contributed by atoms with Gasteiger partial charge in [0.1, 0.15) is 0 Å². The molecule has 0 aromatic heterocycles. The molecule has 1 saturated heterocycles. The summed E-state index contributed by atoms with van der Waals surface area (Å²) in [6.07, 6.45) is -1.01. The fourth-order valence-corrected chi connectivity index (χ4v) is 1.46. The van der Waals surface area contributed by atoms with Crippen LogP contribution in [0.4, 0.5) is 4.79 Å². The summed E-state index contributed by atoms with van der Waals surface area (Å²) in [4.78, 5) is 19.0. The molecule has 0 saturated carbocycles. The van der Waals surface area contributed by atoms with Crippen LogP contribution < -0.4 is 5.32 Å². The lowest BCUT2D eigenvalue weighted by molar-refractivity contribution is 0.00916. The molecule has 2 amide bonds. The fourth-order valence-electron chi connectivity index (χ4n) is 1.46. The van der Waals surface area contributed by atoms with Crippen LogP contribution in [0, 0.1) is 0 Å². The maximum Gasteiger partial charge on any atom is 0.330 e. The van der Waals surface area contributed by atoms with Crippen molar-refractivity contribution in [2.45, 2.75) is 46.1 Å². The van der Waals surface area contributed by atoms with E-state index in [9.17, 15) is 9.90 Å². The largest absolute Gasteiger partial charge is 0.356 e. The molecule has 0 radical (unpaired) electrons. The highest BCUT2D eigenvalue weighted by Crippen LogP contribution is 2.11. The van der Waals surface area contributed by atoms with Gasteiger partial charge in [0.2, 0.25) is 12.3 Å². The number of nitrogens with zero attached hydrogens (tertiary/aromatic N) is 3. The maximum atomic E-state index is 11.9. The van der Waals surface area contributed by atoms with Gasteiger partial charge in [-0.15, -0.1) is 0 Å². The average molecular weight is 228 g/mol. The molecular formula is C10H20N4O2. The van der Waals surface area contributed by atoms with E-state index in [1.54, 1.807) is 7.05 Å². The van der Waals surface area contributed by atoms with Crippen molar-refractivity contribution in [3.8, 4) is 0 Å². The minimum absolute atomic E-state index is 0.00699. The van der Waals surface area contributed by atoms with Gasteiger partial charge in [-0.1, -0.05) is 0 Å². The number of amides is 2. The Kier molecular flexibility index (Phi) is 3.74. The number of hydrogen-bond acceptors (Lipinski definition) is 3. The minimum atomic E-state index is -1.01.